The fourth-order valence-electron chi connectivity index (χ4n) is 6.38. The van der Waals surface area contributed by atoms with Crippen LogP contribution in [0.15, 0.2) is 84.9 Å². The van der Waals surface area contributed by atoms with Crippen LogP contribution in [-0.4, -0.2) is 47.3 Å². The van der Waals surface area contributed by atoms with Crippen molar-refractivity contribution >= 4 is 22.6 Å². The van der Waals surface area contributed by atoms with Crippen LogP contribution in [0.5, 0.6) is 0 Å². The van der Waals surface area contributed by atoms with Crippen LogP contribution in [0.4, 0.5) is 0 Å². The molecule has 0 spiro atoms. The quantitative estimate of drug-likeness (QED) is 0.172. The minimum Gasteiger partial charge on any atom is -0.354 e. The Labute approximate surface area is 244 Å². The predicted molar refractivity (Wildman–Crippen MR) is 168 cm³/mol. The first-order valence-corrected chi connectivity index (χ1v) is 15.3. The Morgan fingerprint density at radius 2 is 1.56 bits per heavy atom. The molecule has 3 aromatic carbocycles. The van der Waals surface area contributed by atoms with Crippen LogP contribution in [0, 0.1) is 0 Å². The minimum absolute atomic E-state index is 0.124. The molecule has 0 saturated carbocycles. The van der Waals surface area contributed by atoms with Gasteiger partial charge in [0.2, 0.25) is 5.91 Å². The summed E-state index contributed by atoms with van der Waals surface area (Å²) < 4.78 is 0. The summed E-state index contributed by atoms with van der Waals surface area (Å²) in [7, 11) is 0. The summed E-state index contributed by atoms with van der Waals surface area (Å²) in [6.07, 6.45) is 7.24. The highest BCUT2D eigenvalue weighted by Crippen LogP contribution is 2.31. The van der Waals surface area contributed by atoms with E-state index in [0.29, 0.717) is 18.9 Å². The summed E-state index contributed by atoms with van der Waals surface area (Å²) >= 11 is 0. The van der Waals surface area contributed by atoms with Crippen molar-refractivity contribution in [1.82, 2.24) is 15.2 Å². The van der Waals surface area contributed by atoms with Gasteiger partial charge in [0, 0.05) is 29.6 Å². The summed E-state index contributed by atoms with van der Waals surface area (Å²) in [5, 5.41) is 4.53. The molecule has 0 aliphatic carbocycles. The zero-order valence-electron chi connectivity index (χ0n) is 24.3. The van der Waals surface area contributed by atoms with Gasteiger partial charge in [0.05, 0.1) is 6.04 Å². The van der Waals surface area contributed by atoms with Gasteiger partial charge in [-0.05, 0) is 80.8 Å². The van der Waals surface area contributed by atoms with Gasteiger partial charge in [-0.25, -0.2) is 0 Å². The molecule has 5 heteroatoms. The van der Waals surface area contributed by atoms with Gasteiger partial charge in [-0.1, -0.05) is 91.7 Å². The smallest absolute Gasteiger partial charge is 0.237 e. The Morgan fingerprint density at radius 1 is 0.878 bits per heavy atom. The third-order valence-corrected chi connectivity index (χ3v) is 8.60. The second kappa shape index (κ2) is 14.3. The second-order valence-corrected chi connectivity index (χ2v) is 11.5. The number of aromatic amines is 1. The fraction of sp³-hybridized carbons (Fsp3) is 0.389. The van der Waals surface area contributed by atoms with Crippen molar-refractivity contribution in [1.29, 1.82) is 0 Å². The number of hydrogen-bond donors (Lipinski definition) is 2. The molecule has 1 amide bonds. The summed E-state index contributed by atoms with van der Waals surface area (Å²) in [6.45, 7) is 4.13. The van der Waals surface area contributed by atoms with E-state index in [1.807, 2.05) is 6.07 Å². The first kappa shape index (κ1) is 28.8. The molecule has 1 fully saturated rings. The van der Waals surface area contributed by atoms with Crippen LogP contribution in [0.3, 0.4) is 0 Å². The summed E-state index contributed by atoms with van der Waals surface area (Å²) in [6, 6.07) is 29.5. The SMILES string of the molecule is CC(=O)CCCCC[C@@H](C(=O)NCCc1c(-c2ccccc2)[nH]c2ccccc12)N1CCC(c2ccccc2)CC1. The lowest BCUT2D eigenvalue weighted by molar-refractivity contribution is -0.127. The zero-order valence-corrected chi connectivity index (χ0v) is 24.3. The monoisotopic (exact) mass is 549 g/mol. The molecule has 0 radical (unpaired) electrons. The fourth-order valence-corrected chi connectivity index (χ4v) is 6.38. The lowest BCUT2D eigenvalue weighted by Crippen LogP contribution is -2.50. The minimum atomic E-state index is -0.124. The molecule has 1 aromatic heterocycles. The number of hydrogen-bond acceptors (Lipinski definition) is 3. The molecule has 4 aromatic rings. The van der Waals surface area contributed by atoms with Crippen molar-refractivity contribution < 1.29 is 9.59 Å². The number of aromatic nitrogens is 1. The van der Waals surface area contributed by atoms with Crippen molar-refractivity contribution in [2.24, 2.45) is 0 Å². The highest BCUT2D eigenvalue weighted by atomic mass is 16.2. The third-order valence-electron chi connectivity index (χ3n) is 8.60. The van der Waals surface area contributed by atoms with Gasteiger partial charge in [-0.15, -0.1) is 0 Å². The number of rotatable bonds is 13. The number of benzene rings is 3. The molecule has 0 bridgehead atoms. The Morgan fingerprint density at radius 3 is 2.29 bits per heavy atom. The maximum atomic E-state index is 13.7. The highest BCUT2D eigenvalue weighted by Gasteiger charge is 2.30. The number of ketones is 1. The van der Waals surface area contributed by atoms with Crippen molar-refractivity contribution in [2.45, 2.75) is 70.3 Å². The zero-order chi connectivity index (χ0) is 28.4. The molecule has 214 valence electrons. The Bertz CT molecular complexity index is 1400. The second-order valence-electron chi connectivity index (χ2n) is 11.5. The van der Waals surface area contributed by atoms with E-state index in [0.717, 1.165) is 74.8 Å². The van der Waals surface area contributed by atoms with Gasteiger partial charge < -0.3 is 15.1 Å². The summed E-state index contributed by atoms with van der Waals surface area (Å²) in [5.41, 5.74) is 6.07. The molecule has 1 atom stereocenters. The number of likely N-dealkylation sites (tertiary alicyclic amines) is 1. The first-order valence-electron chi connectivity index (χ1n) is 15.3. The van der Waals surface area contributed by atoms with Gasteiger partial charge in [0.1, 0.15) is 5.78 Å². The largest absolute Gasteiger partial charge is 0.354 e. The van der Waals surface area contributed by atoms with Crippen LogP contribution in [-0.2, 0) is 16.0 Å². The Balaban J connectivity index is 1.24. The lowest BCUT2D eigenvalue weighted by Gasteiger charge is -2.37. The summed E-state index contributed by atoms with van der Waals surface area (Å²) in [4.78, 5) is 31.1. The number of piperidine rings is 1. The van der Waals surface area contributed by atoms with Gasteiger partial charge in [0.25, 0.3) is 0 Å². The van der Waals surface area contributed by atoms with Gasteiger partial charge in [0.15, 0.2) is 0 Å². The molecule has 1 aliphatic heterocycles. The van der Waals surface area contributed by atoms with Crippen molar-refractivity contribution in [2.75, 3.05) is 19.6 Å². The third kappa shape index (κ3) is 7.53. The number of carbonyl (C=O) groups excluding carboxylic acids is 2. The molecule has 41 heavy (non-hydrogen) atoms. The van der Waals surface area contributed by atoms with Gasteiger partial charge >= 0.3 is 0 Å². The van der Waals surface area contributed by atoms with Crippen LogP contribution in [0.2, 0.25) is 0 Å². The molecule has 0 unspecified atom stereocenters. The van der Waals surface area contributed by atoms with E-state index in [-0.39, 0.29) is 17.7 Å². The van der Waals surface area contributed by atoms with Crippen LogP contribution < -0.4 is 5.32 Å². The van der Waals surface area contributed by atoms with Crippen LogP contribution >= 0.6 is 0 Å². The molecule has 2 N–H and O–H groups in total. The normalized spacial score (nSPS) is 15.1. The van der Waals surface area contributed by atoms with E-state index in [1.165, 1.54) is 16.5 Å². The van der Waals surface area contributed by atoms with Crippen LogP contribution in [0.1, 0.15) is 68.9 Å². The number of fused-ring (bicyclic) bond motifs is 1. The topological polar surface area (TPSA) is 65.2 Å². The van der Waals surface area contributed by atoms with E-state index in [9.17, 15) is 9.59 Å². The predicted octanol–water partition coefficient (Wildman–Crippen LogP) is 7.28. The number of nitrogens with zero attached hydrogens (tertiary/aromatic N) is 1. The Hall–Kier alpha value is -3.70. The average Bonchev–Trinajstić information content (AvgIpc) is 3.38. The van der Waals surface area contributed by atoms with Gasteiger partial charge in [-0.2, -0.15) is 0 Å². The first-order chi connectivity index (χ1) is 20.1. The number of Topliss-reactive ketones (excluding diaryl/α,β-unsaturated/α-hetero) is 1. The molecule has 2 heterocycles. The average molecular weight is 550 g/mol. The molecular weight excluding hydrogens is 506 g/mol. The number of amides is 1. The van der Waals surface area contributed by atoms with Crippen LogP contribution in [0.25, 0.3) is 22.2 Å². The molecule has 1 aliphatic rings. The van der Waals surface area contributed by atoms with E-state index < -0.39 is 0 Å². The maximum Gasteiger partial charge on any atom is 0.237 e. The lowest BCUT2D eigenvalue weighted by atomic mass is 9.88. The number of para-hydroxylation sites is 1. The van der Waals surface area contributed by atoms with Crippen molar-refractivity contribution in [3.63, 3.8) is 0 Å². The Kier molecular flexibility index (Phi) is 10.0. The van der Waals surface area contributed by atoms with Crippen molar-refractivity contribution in [3.8, 4) is 11.3 Å². The number of unbranched alkanes of at least 4 members (excludes halogenated alkanes) is 2. The highest BCUT2D eigenvalue weighted by molar-refractivity contribution is 5.91. The molecular formula is C36H43N3O2. The van der Waals surface area contributed by atoms with Gasteiger partial charge in [-0.3, -0.25) is 9.69 Å². The summed E-state index contributed by atoms with van der Waals surface area (Å²) in [5.74, 6) is 0.940. The van der Waals surface area contributed by atoms with E-state index in [1.54, 1.807) is 6.92 Å². The molecule has 5 rings (SSSR count). The standard InChI is InChI=1S/C36H43N3O2/c1-27(40)13-5-2-10-20-34(39-25-22-29(23-26-39)28-14-6-3-7-15-28)36(41)37-24-21-32-31-18-11-12-19-33(31)38-35(32)30-16-8-4-9-17-30/h3-4,6-9,11-12,14-19,29,34,38H,2,5,10,13,20-26H2,1H3,(H,37,41)/t34-/m0/s1. The van der Waals surface area contributed by atoms with E-state index >= 15 is 0 Å². The molecule has 5 nitrogen and oxygen atoms in total. The molecule has 1 saturated heterocycles. The van der Waals surface area contributed by atoms with Crippen molar-refractivity contribution in [3.05, 3.63) is 96.1 Å². The van der Waals surface area contributed by atoms with E-state index in [4.69, 9.17) is 0 Å². The number of carbonyl (C=O) groups is 2. The number of nitrogens with one attached hydrogen (secondary N) is 2. The van der Waals surface area contributed by atoms with E-state index in [2.05, 4.69) is 94.1 Å². The maximum absolute atomic E-state index is 13.7. The number of H-pyrrole nitrogens is 1.